The molecule has 0 heterocycles. The highest BCUT2D eigenvalue weighted by molar-refractivity contribution is 6.11. The summed E-state index contributed by atoms with van der Waals surface area (Å²) in [4.78, 5) is 26.4. The predicted molar refractivity (Wildman–Crippen MR) is 192 cm³/mol. The van der Waals surface area contributed by atoms with E-state index in [0.717, 1.165) is 44.9 Å². The average Bonchev–Trinajstić information content (AvgIpc) is 2.96. The maximum Gasteiger partial charge on any atom is 0.164 e. The molecule has 0 aliphatic heterocycles. The molecule has 4 atom stereocenters. The maximum atomic E-state index is 13.2. The summed E-state index contributed by atoms with van der Waals surface area (Å²) >= 11 is 0. The van der Waals surface area contributed by atoms with Gasteiger partial charge in [-0.1, -0.05) is 51.2 Å². The van der Waals surface area contributed by atoms with Crippen LogP contribution in [0.3, 0.4) is 0 Å². The minimum absolute atomic E-state index is 0.0737. The monoisotopic (exact) mass is 639 g/mol. The number of hydrogen-bond donors (Lipinski definition) is 1. The van der Waals surface area contributed by atoms with Crippen molar-refractivity contribution in [3.05, 3.63) is 0 Å². The number of ether oxygens (including phenoxy) is 4. The Morgan fingerprint density at radius 3 is 1.73 bits per heavy atom. The molecule has 9 heteroatoms. The number of Topliss-reactive ketones (excluding diaryl/α,β-unsaturated/α-hetero) is 2. The van der Waals surface area contributed by atoms with Crippen LogP contribution in [-0.4, -0.2) is 87.3 Å². The summed E-state index contributed by atoms with van der Waals surface area (Å²) in [6.07, 6.45) is 9.67. The molecule has 264 valence electrons. The summed E-state index contributed by atoms with van der Waals surface area (Å²) in [5, 5.41) is 10.4. The van der Waals surface area contributed by atoms with Crippen molar-refractivity contribution in [2.75, 3.05) is 20.3 Å². The van der Waals surface area contributed by atoms with Crippen LogP contribution in [0.15, 0.2) is 0 Å². The normalized spacial score (nSPS) is 15.9. The minimum atomic E-state index is -0.901. The first-order valence-electron chi connectivity index (χ1n) is 18.0. The highest BCUT2D eigenvalue weighted by Crippen LogP contribution is 2.27. The fourth-order valence-corrected chi connectivity index (χ4v) is 4.97. The summed E-state index contributed by atoms with van der Waals surface area (Å²) in [7, 11) is 6.14. The van der Waals surface area contributed by atoms with Gasteiger partial charge in [-0.2, -0.15) is 0 Å². The lowest BCUT2D eigenvalue weighted by Gasteiger charge is -2.32. The van der Waals surface area contributed by atoms with Crippen molar-refractivity contribution >= 4 is 27.3 Å². The van der Waals surface area contributed by atoms with Crippen LogP contribution < -0.4 is 0 Å². The maximum absolute atomic E-state index is 13.2. The van der Waals surface area contributed by atoms with Crippen LogP contribution in [0.2, 0.25) is 11.6 Å². The van der Waals surface area contributed by atoms with E-state index in [9.17, 15) is 14.7 Å². The van der Waals surface area contributed by atoms with Gasteiger partial charge in [0.2, 0.25) is 0 Å². The van der Waals surface area contributed by atoms with E-state index in [-0.39, 0.29) is 29.4 Å². The first-order valence-corrected chi connectivity index (χ1v) is 18.0. The second kappa shape index (κ2) is 21.3. The second-order valence-corrected chi connectivity index (χ2v) is 15.8. The minimum Gasteiger partial charge on any atom is -0.393 e. The highest BCUT2D eigenvalue weighted by Gasteiger charge is 2.33. The van der Waals surface area contributed by atoms with E-state index in [1.54, 1.807) is 7.11 Å². The summed E-state index contributed by atoms with van der Waals surface area (Å²) in [6.45, 7) is 20.7. The number of carbonyl (C=O) groups excluding carboxylic acids is 2. The lowest BCUT2D eigenvalue weighted by molar-refractivity contribution is -0.150. The molecule has 0 saturated carbocycles. The predicted octanol–water partition coefficient (Wildman–Crippen LogP) is 6.62. The zero-order valence-electron chi connectivity index (χ0n) is 31.8. The summed E-state index contributed by atoms with van der Waals surface area (Å²) < 4.78 is 24.1. The second-order valence-electron chi connectivity index (χ2n) is 15.8. The van der Waals surface area contributed by atoms with Crippen molar-refractivity contribution in [1.82, 2.24) is 0 Å². The Labute approximate surface area is 279 Å². The van der Waals surface area contributed by atoms with Crippen molar-refractivity contribution < 1.29 is 33.6 Å². The molecular weight excluding hydrogens is 566 g/mol. The molecule has 0 saturated heterocycles. The molecule has 0 aromatic rings. The van der Waals surface area contributed by atoms with Gasteiger partial charge in [0.1, 0.15) is 26.9 Å². The molecular formula is C36H72B2O7. The molecule has 0 aromatic heterocycles. The third kappa shape index (κ3) is 20.3. The Morgan fingerprint density at radius 2 is 1.20 bits per heavy atom. The summed E-state index contributed by atoms with van der Waals surface area (Å²) in [6, 6.07) is 0. The van der Waals surface area contributed by atoms with E-state index in [2.05, 4.69) is 29.5 Å². The molecule has 1 N–H and O–H groups in total. The van der Waals surface area contributed by atoms with Gasteiger partial charge in [0, 0.05) is 20.0 Å². The average molecular weight is 639 g/mol. The lowest BCUT2D eigenvalue weighted by Crippen LogP contribution is -2.40. The van der Waals surface area contributed by atoms with Crippen LogP contribution in [0.5, 0.6) is 0 Å². The standard InChI is InChI=1S/C36H72B2O7/c1-12-27(37)20-22-29(39)16-14-18-32(41)36(9,10)45-30(23-21-28(38)13-2)17-15-19-31(40)35(7,8)43-25-24-33(3,4)44-26-34(5,6)42-11/h27-30,39H,12-26,37-38H2,1-11H3. The van der Waals surface area contributed by atoms with Gasteiger partial charge in [-0.05, 0) is 100 Å². The third-order valence-electron chi connectivity index (χ3n) is 9.57. The molecule has 0 rings (SSSR count). The quantitative estimate of drug-likeness (QED) is 0.0964. The van der Waals surface area contributed by atoms with Gasteiger partial charge in [0.05, 0.1) is 36.6 Å². The van der Waals surface area contributed by atoms with Gasteiger partial charge in [-0.3, -0.25) is 9.59 Å². The van der Waals surface area contributed by atoms with Crippen molar-refractivity contribution in [1.29, 1.82) is 0 Å². The molecule has 0 aliphatic carbocycles. The summed E-state index contributed by atoms with van der Waals surface area (Å²) in [5.74, 6) is 1.35. The number of hydrogen-bond acceptors (Lipinski definition) is 7. The summed E-state index contributed by atoms with van der Waals surface area (Å²) in [5.41, 5.74) is -2.54. The van der Waals surface area contributed by atoms with Crippen molar-refractivity contribution in [3.8, 4) is 0 Å². The van der Waals surface area contributed by atoms with Crippen molar-refractivity contribution in [3.63, 3.8) is 0 Å². The largest absolute Gasteiger partial charge is 0.393 e. The Hall–Kier alpha value is -0.730. The molecule has 0 fully saturated rings. The van der Waals surface area contributed by atoms with E-state index >= 15 is 0 Å². The van der Waals surface area contributed by atoms with Crippen LogP contribution in [0.1, 0.15) is 153 Å². The lowest BCUT2D eigenvalue weighted by atomic mass is 9.80. The Morgan fingerprint density at radius 1 is 0.689 bits per heavy atom. The van der Waals surface area contributed by atoms with Gasteiger partial charge < -0.3 is 24.1 Å². The van der Waals surface area contributed by atoms with E-state index in [4.69, 9.17) is 18.9 Å². The van der Waals surface area contributed by atoms with E-state index in [1.165, 1.54) is 0 Å². The zero-order chi connectivity index (χ0) is 34.9. The van der Waals surface area contributed by atoms with Crippen molar-refractivity contribution in [2.45, 2.75) is 199 Å². The number of ketones is 2. The van der Waals surface area contributed by atoms with Gasteiger partial charge in [0.15, 0.2) is 11.6 Å². The Kier molecular flexibility index (Phi) is 20.9. The van der Waals surface area contributed by atoms with Gasteiger partial charge in [-0.15, -0.1) is 0 Å². The van der Waals surface area contributed by atoms with Gasteiger partial charge in [-0.25, -0.2) is 0 Å². The Balaban J connectivity index is 4.94. The molecule has 45 heavy (non-hydrogen) atoms. The van der Waals surface area contributed by atoms with E-state index < -0.39 is 16.8 Å². The van der Waals surface area contributed by atoms with E-state index in [1.807, 2.05) is 55.4 Å². The molecule has 4 unspecified atom stereocenters. The molecule has 0 bridgehead atoms. The molecule has 7 nitrogen and oxygen atoms in total. The molecule has 0 radical (unpaired) electrons. The Bertz CT molecular complexity index is 828. The van der Waals surface area contributed by atoms with Crippen LogP contribution in [0.25, 0.3) is 0 Å². The highest BCUT2D eigenvalue weighted by atomic mass is 16.5. The SMILES string of the molecule is BC(CC)CCC(O)CCCC(=O)C(C)(C)OC(CCCC(=O)C(C)(C)OCCC(C)(C)OCC(C)(C)OC)CCC(B)CC. The molecule has 0 aromatic carbocycles. The van der Waals surface area contributed by atoms with Gasteiger partial charge >= 0.3 is 0 Å². The number of aliphatic hydroxyl groups is 1. The van der Waals surface area contributed by atoms with Crippen LogP contribution in [0.4, 0.5) is 0 Å². The fourth-order valence-electron chi connectivity index (χ4n) is 4.97. The number of methoxy groups -OCH3 is 1. The van der Waals surface area contributed by atoms with E-state index in [0.29, 0.717) is 63.4 Å². The van der Waals surface area contributed by atoms with Crippen LogP contribution in [-0.2, 0) is 28.5 Å². The molecule has 0 amide bonds. The number of carbonyl (C=O) groups is 2. The number of aliphatic hydroxyl groups excluding tert-OH is 1. The smallest absolute Gasteiger partial charge is 0.164 e. The number of rotatable bonds is 28. The van der Waals surface area contributed by atoms with Crippen LogP contribution in [0, 0.1) is 0 Å². The zero-order valence-corrected chi connectivity index (χ0v) is 31.8. The van der Waals surface area contributed by atoms with Crippen molar-refractivity contribution in [2.24, 2.45) is 0 Å². The molecule has 0 aliphatic rings. The molecule has 0 spiro atoms. The topological polar surface area (TPSA) is 91.3 Å². The van der Waals surface area contributed by atoms with Gasteiger partial charge in [0.25, 0.3) is 0 Å². The first-order chi connectivity index (χ1) is 20.7. The third-order valence-corrected chi connectivity index (χ3v) is 9.57. The fraction of sp³-hybridized carbons (Fsp3) is 0.944. The first kappa shape index (κ1) is 44.3. The van der Waals surface area contributed by atoms with Crippen LogP contribution >= 0.6 is 0 Å².